The van der Waals surface area contributed by atoms with Crippen LogP contribution >= 0.6 is 31.9 Å². The summed E-state index contributed by atoms with van der Waals surface area (Å²) in [7, 11) is 0. The number of benzene rings is 4. The van der Waals surface area contributed by atoms with Crippen molar-refractivity contribution in [1.29, 1.82) is 0 Å². The zero-order valence-electron chi connectivity index (χ0n) is 26.3. The summed E-state index contributed by atoms with van der Waals surface area (Å²) in [5.74, 6) is -5.07. The number of halogens is 2. The zero-order chi connectivity index (χ0) is 34.2. The number of amides is 4. The summed E-state index contributed by atoms with van der Waals surface area (Å²) in [6.45, 7) is 1.96. The van der Waals surface area contributed by atoms with E-state index < -0.39 is 46.8 Å². The second kappa shape index (κ2) is 11.8. The van der Waals surface area contributed by atoms with Crippen molar-refractivity contribution in [2.45, 2.75) is 31.1 Å². The molecule has 1 saturated carbocycles. The number of phenolic OH excluding ortho intramolecular Hbond substituents is 1. The average molecular weight is 782 g/mol. The molecule has 2 saturated heterocycles. The molecular formula is C39H31Br2N3O5. The molecule has 2 aliphatic heterocycles. The van der Waals surface area contributed by atoms with Crippen LogP contribution < -0.4 is 10.3 Å². The third kappa shape index (κ3) is 4.75. The molecule has 4 aromatic rings. The maximum Gasteiger partial charge on any atom is 0.260 e. The number of nitrogens with zero attached hydrogens (tertiary/aromatic N) is 2. The maximum absolute atomic E-state index is 15.2. The van der Waals surface area contributed by atoms with Gasteiger partial charge in [0.15, 0.2) is 0 Å². The van der Waals surface area contributed by atoms with E-state index >= 15 is 4.79 Å². The van der Waals surface area contributed by atoms with Crippen molar-refractivity contribution in [3.8, 4) is 5.75 Å². The minimum atomic E-state index is -1.46. The molecule has 0 spiro atoms. The van der Waals surface area contributed by atoms with Gasteiger partial charge in [0.2, 0.25) is 11.8 Å². The van der Waals surface area contributed by atoms with Gasteiger partial charge in [-0.3, -0.25) is 29.5 Å². The number of fused-ring (bicyclic) bond motifs is 4. The van der Waals surface area contributed by atoms with Crippen molar-refractivity contribution in [3.05, 3.63) is 134 Å². The molecule has 4 aromatic carbocycles. The van der Waals surface area contributed by atoms with Gasteiger partial charge >= 0.3 is 0 Å². The summed E-state index contributed by atoms with van der Waals surface area (Å²) < 4.78 is 1.52. The van der Waals surface area contributed by atoms with Crippen molar-refractivity contribution >= 4 is 66.9 Å². The van der Waals surface area contributed by atoms with E-state index in [0.29, 0.717) is 33.4 Å². The van der Waals surface area contributed by atoms with Gasteiger partial charge in [0.05, 0.1) is 34.5 Å². The second-order valence-corrected chi connectivity index (χ2v) is 15.1. The molecule has 0 radical (unpaired) electrons. The Morgan fingerprint density at radius 1 is 0.796 bits per heavy atom. The smallest absolute Gasteiger partial charge is 0.260 e. The fraction of sp³-hybridized carbons (Fsp3) is 0.231. The van der Waals surface area contributed by atoms with Crippen molar-refractivity contribution in [2.24, 2.45) is 23.7 Å². The summed E-state index contributed by atoms with van der Waals surface area (Å²) in [4.78, 5) is 59.6. The van der Waals surface area contributed by atoms with Gasteiger partial charge in [-0.2, -0.15) is 5.01 Å². The highest BCUT2D eigenvalue weighted by atomic mass is 79.9. The number of aromatic hydroxyl groups is 1. The summed E-state index contributed by atoms with van der Waals surface area (Å²) >= 11 is 7.00. The van der Waals surface area contributed by atoms with Crippen LogP contribution in [-0.2, 0) is 24.6 Å². The fourth-order valence-electron chi connectivity index (χ4n) is 8.69. The number of nitrogens with one attached hydrogen (secondary N) is 1. The lowest BCUT2D eigenvalue weighted by atomic mass is 9.49. The third-order valence-corrected chi connectivity index (χ3v) is 11.8. The molecule has 0 aromatic heterocycles. The van der Waals surface area contributed by atoms with Crippen molar-refractivity contribution in [3.63, 3.8) is 0 Å². The fourth-order valence-corrected chi connectivity index (χ4v) is 9.34. The Kier molecular flexibility index (Phi) is 7.64. The minimum absolute atomic E-state index is 0.0264. The predicted molar refractivity (Wildman–Crippen MR) is 191 cm³/mol. The van der Waals surface area contributed by atoms with E-state index in [2.05, 4.69) is 37.3 Å². The number of carbonyl (C=O) groups excluding carboxylic acids is 4. The highest BCUT2D eigenvalue weighted by Crippen LogP contribution is 2.65. The van der Waals surface area contributed by atoms with E-state index in [9.17, 15) is 19.5 Å². The van der Waals surface area contributed by atoms with Gasteiger partial charge in [-0.15, -0.1) is 0 Å². The van der Waals surface area contributed by atoms with E-state index in [1.807, 2.05) is 67.6 Å². The summed E-state index contributed by atoms with van der Waals surface area (Å²) in [6.07, 6.45) is 2.46. The van der Waals surface area contributed by atoms with E-state index in [1.165, 1.54) is 4.90 Å². The molecule has 10 heteroatoms. The molecule has 49 heavy (non-hydrogen) atoms. The van der Waals surface area contributed by atoms with E-state index in [0.717, 1.165) is 20.6 Å². The van der Waals surface area contributed by atoms with Crippen LogP contribution in [0.25, 0.3) is 0 Å². The van der Waals surface area contributed by atoms with Crippen LogP contribution in [0.3, 0.4) is 0 Å². The SMILES string of the molecule is Cc1ccc(NN2C(=O)C3CC4C(=CCC5C(=O)N(c6ccc(Br)cc6)C(=O)C54)C(c4cc(Br)ccc4O)C3(c3ccccc3)C2=O)cc1. The lowest BCUT2D eigenvalue weighted by Gasteiger charge is -2.50. The molecule has 2 heterocycles. The van der Waals surface area contributed by atoms with Crippen LogP contribution in [0.15, 0.2) is 118 Å². The Balaban J connectivity index is 1.33. The first-order valence-corrected chi connectivity index (χ1v) is 17.8. The molecule has 0 bridgehead atoms. The van der Waals surface area contributed by atoms with E-state index in [1.54, 1.807) is 42.5 Å². The van der Waals surface area contributed by atoms with Gasteiger partial charge in [0.25, 0.3) is 11.8 Å². The van der Waals surface area contributed by atoms with Crippen LogP contribution in [0.2, 0.25) is 0 Å². The molecule has 4 amide bonds. The number of allylic oxidation sites excluding steroid dienone is 2. The Hall–Kier alpha value is -4.54. The second-order valence-electron chi connectivity index (χ2n) is 13.3. The van der Waals surface area contributed by atoms with Crippen molar-refractivity contribution < 1.29 is 24.3 Å². The largest absolute Gasteiger partial charge is 0.508 e. The summed E-state index contributed by atoms with van der Waals surface area (Å²) in [6, 6.07) is 28.9. The molecule has 2 aliphatic carbocycles. The number of carbonyl (C=O) groups is 4. The number of hydrogen-bond acceptors (Lipinski definition) is 6. The topological polar surface area (TPSA) is 107 Å². The molecule has 6 unspecified atom stereocenters. The van der Waals surface area contributed by atoms with E-state index in [4.69, 9.17) is 0 Å². The highest BCUT2D eigenvalue weighted by molar-refractivity contribution is 9.10. The molecule has 8 nitrogen and oxygen atoms in total. The Morgan fingerprint density at radius 2 is 1.49 bits per heavy atom. The Labute approximate surface area is 300 Å². The maximum atomic E-state index is 15.2. The number of hydrazine groups is 1. The first-order valence-electron chi connectivity index (χ1n) is 16.2. The average Bonchev–Trinajstić information content (AvgIpc) is 3.48. The Morgan fingerprint density at radius 3 is 2.20 bits per heavy atom. The minimum Gasteiger partial charge on any atom is -0.508 e. The van der Waals surface area contributed by atoms with Crippen molar-refractivity contribution in [1.82, 2.24) is 5.01 Å². The van der Waals surface area contributed by atoms with Gasteiger partial charge < -0.3 is 5.11 Å². The van der Waals surface area contributed by atoms with Gasteiger partial charge in [-0.05, 0) is 85.8 Å². The standard InChI is InChI=1S/C39H31Br2N3O5/c1-21-7-12-25(13-8-21)42-44-36(47)31-20-29-27(16-17-28-33(29)37(48)43(35(28)46)26-14-9-23(40)10-15-26)34(30-19-24(41)11-18-32(30)45)39(31,38(44)49)22-5-3-2-4-6-22/h2-16,18-19,28-29,31,33-34,42,45H,17,20H2,1H3. The van der Waals surface area contributed by atoms with Crippen LogP contribution in [0.5, 0.6) is 5.75 Å². The normalized spacial score (nSPS) is 27.5. The number of hydrogen-bond donors (Lipinski definition) is 2. The number of imide groups is 2. The quantitative estimate of drug-likeness (QED) is 0.161. The van der Waals surface area contributed by atoms with Crippen LogP contribution in [0.4, 0.5) is 11.4 Å². The van der Waals surface area contributed by atoms with Crippen LogP contribution in [-0.4, -0.2) is 33.7 Å². The van der Waals surface area contributed by atoms with Gasteiger partial charge in [-0.1, -0.05) is 91.5 Å². The predicted octanol–water partition coefficient (Wildman–Crippen LogP) is 7.42. The van der Waals surface area contributed by atoms with Crippen LogP contribution in [0, 0.1) is 30.6 Å². The number of rotatable bonds is 5. The van der Waals surface area contributed by atoms with Gasteiger partial charge in [0, 0.05) is 20.4 Å². The number of aryl methyl sites for hydroxylation is 1. The molecule has 3 fully saturated rings. The molecule has 8 rings (SSSR count). The van der Waals surface area contributed by atoms with E-state index in [-0.39, 0.29) is 24.0 Å². The summed E-state index contributed by atoms with van der Waals surface area (Å²) in [5.41, 5.74) is 5.64. The first kappa shape index (κ1) is 31.7. The zero-order valence-corrected chi connectivity index (χ0v) is 29.5. The molecular weight excluding hydrogens is 750 g/mol. The number of phenols is 1. The first-order chi connectivity index (χ1) is 23.6. The Bertz CT molecular complexity index is 2070. The highest BCUT2D eigenvalue weighted by Gasteiger charge is 2.70. The summed E-state index contributed by atoms with van der Waals surface area (Å²) in [5, 5.41) is 12.6. The van der Waals surface area contributed by atoms with Crippen LogP contribution in [0.1, 0.15) is 35.4 Å². The molecule has 246 valence electrons. The van der Waals surface area contributed by atoms with Gasteiger partial charge in [-0.25, -0.2) is 0 Å². The molecule has 4 aliphatic rings. The number of anilines is 2. The molecule has 6 atom stereocenters. The van der Waals surface area contributed by atoms with Crippen molar-refractivity contribution in [2.75, 3.05) is 10.3 Å². The lowest BCUT2D eigenvalue weighted by molar-refractivity contribution is -0.138. The van der Waals surface area contributed by atoms with Gasteiger partial charge in [0.1, 0.15) is 5.75 Å². The molecule has 2 N–H and O–H groups in total. The monoisotopic (exact) mass is 779 g/mol. The lowest BCUT2D eigenvalue weighted by Crippen LogP contribution is -2.53. The third-order valence-electron chi connectivity index (χ3n) is 10.8.